The normalized spacial score (nSPS) is 23.5. The van der Waals surface area contributed by atoms with Crippen molar-refractivity contribution in [2.75, 3.05) is 18.4 Å². The van der Waals surface area contributed by atoms with Crippen LogP contribution in [0.4, 0.5) is 19.1 Å². The predicted molar refractivity (Wildman–Crippen MR) is 94.7 cm³/mol. The van der Waals surface area contributed by atoms with Gasteiger partial charge in [0, 0.05) is 43.4 Å². The summed E-state index contributed by atoms with van der Waals surface area (Å²) in [4.78, 5) is 30.0. The lowest BCUT2D eigenvalue weighted by Gasteiger charge is -2.36. The van der Waals surface area contributed by atoms with Crippen LogP contribution in [0, 0.1) is 5.92 Å². The van der Waals surface area contributed by atoms with E-state index in [1.165, 1.54) is 18.7 Å². The Morgan fingerprint density at radius 1 is 1.17 bits per heavy atom. The minimum Gasteiger partial charge on any atom is -0.392 e. The van der Waals surface area contributed by atoms with Crippen molar-refractivity contribution in [3.8, 4) is 0 Å². The van der Waals surface area contributed by atoms with Gasteiger partial charge in [-0.1, -0.05) is 0 Å². The monoisotopic (exact) mass is 408 g/mol. The number of alkyl halides is 3. The quantitative estimate of drug-likeness (QED) is 0.794. The SMILES string of the molecule is O=C(c1cnc(NC2(c3cncnc3)CC2)nc1)N1CCC(O)C(C(F)(F)F)C1. The molecule has 11 heteroatoms. The van der Waals surface area contributed by atoms with Gasteiger partial charge in [-0.05, 0) is 19.3 Å². The van der Waals surface area contributed by atoms with Crippen LogP contribution in [0.15, 0.2) is 31.1 Å². The zero-order valence-corrected chi connectivity index (χ0v) is 15.3. The lowest BCUT2D eigenvalue weighted by atomic mass is 9.94. The second-order valence-electron chi connectivity index (χ2n) is 7.38. The summed E-state index contributed by atoms with van der Waals surface area (Å²) in [7, 11) is 0. The summed E-state index contributed by atoms with van der Waals surface area (Å²) >= 11 is 0. The zero-order chi connectivity index (χ0) is 20.6. The minimum absolute atomic E-state index is 0.0453. The van der Waals surface area contributed by atoms with Crippen molar-refractivity contribution < 1.29 is 23.1 Å². The number of aliphatic hydroxyl groups excluding tert-OH is 1. The van der Waals surface area contributed by atoms with Gasteiger partial charge in [0.1, 0.15) is 6.33 Å². The van der Waals surface area contributed by atoms with Crippen molar-refractivity contribution in [3.05, 3.63) is 42.2 Å². The van der Waals surface area contributed by atoms with E-state index in [9.17, 15) is 23.1 Å². The predicted octanol–water partition coefficient (Wildman–Crippen LogP) is 1.75. The molecule has 2 aliphatic rings. The highest BCUT2D eigenvalue weighted by Gasteiger charge is 2.48. The minimum atomic E-state index is -4.57. The van der Waals surface area contributed by atoms with E-state index >= 15 is 0 Å². The summed E-state index contributed by atoms with van der Waals surface area (Å²) in [5.74, 6) is -2.23. The number of nitrogens with one attached hydrogen (secondary N) is 1. The summed E-state index contributed by atoms with van der Waals surface area (Å²) in [5, 5.41) is 12.8. The number of piperidine rings is 1. The Balaban J connectivity index is 1.44. The molecule has 0 bridgehead atoms. The Kier molecular flexibility index (Phi) is 4.85. The van der Waals surface area contributed by atoms with Gasteiger partial charge in [0.25, 0.3) is 5.91 Å². The van der Waals surface area contributed by atoms with Gasteiger partial charge in [-0.3, -0.25) is 4.79 Å². The second-order valence-corrected chi connectivity index (χ2v) is 7.38. The van der Waals surface area contributed by atoms with Gasteiger partial charge < -0.3 is 15.3 Å². The number of carbonyl (C=O) groups is 1. The van der Waals surface area contributed by atoms with Crippen molar-refractivity contribution in [2.45, 2.75) is 37.1 Å². The molecule has 1 saturated heterocycles. The number of hydrogen-bond acceptors (Lipinski definition) is 7. The molecule has 2 atom stereocenters. The first-order valence-corrected chi connectivity index (χ1v) is 9.18. The van der Waals surface area contributed by atoms with Crippen molar-refractivity contribution >= 4 is 11.9 Å². The molecular weight excluding hydrogens is 389 g/mol. The average Bonchev–Trinajstić information content (AvgIpc) is 3.49. The number of likely N-dealkylation sites (tertiary alicyclic amines) is 1. The molecule has 2 fully saturated rings. The Hall–Kier alpha value is -2.82. The molecule has 1 amide bonds. The molecule has 2 aromatic rings. The number of hydrogen-bond donors (Lipinski definition) is 2. The summed E-state index contributed by atoms with van der Waals surface area (Å²) < 4.78 is 39.1. The maximum absolute atomic E-state index is 13.0. The molecule has 0 spiro atoms. The number of carbonyl (C=O) groups excluding carboxylic acids is 1. The molecule has 2 unspecified atom stereocenters. The first-order chi connectivity index (χ1) is 13.8. The van der Waals surface area contributed by atoms with E-state index in [4.69, 9.17) is 0 Å². The Morgan fingerprint density at radius 2 is 1.83 bits per heavy atom. The number of aliphatic hydroxyl groups is 1. The fourth-order valence-electron chi connectivity index (χ4n) is 3.50. The van der Waals surface area contributed by atoms with Gasteiger partial charge in [0.05, 0.1) is 23.1 Å². The van der Waals surface area contributed by atoms with Gasteiger partial charge >= 0.3 is 6.18 Å². The number of amides is 1. The van der Waals surface area contributed by atoms with E-state index in [-0.39, 0.29) is 24.1 Å². The highest BCUT2D eigenvalue weighted by Crippen LogP contribution is 2.47. The van der Waals surface area contributed by atoms with E-state index < -0.39 is 30.7 Å². The zero-order valence-electron chi connectivity index (χ0n) is 15.3. The number of rotatable bonds is 4. The molecule has 2 N–H and O–H groups in total. The van der Waals surface area contributed by atoms with Gasteiger partial charge in [-0.2, -0.15) is 13.2 Å². The number of anilines is 1. The first-order valence-electron chi connectivity index (χ1n) is 9.18. The molecule has 0 aromatic carbocycles. The summed E-state index contributed by atoms with van der Waals surface area (Å²) in [6, 6.07) is 0. The molecule has 1 aliphatic heterocycles. The second kappa shape index (κ2) is 7.21. The van der Waals surface area contributed by atoms with Crippen LogP contribution in [-0.2, 0) is 5.54 Å². The van der Waals surface area contributed by atoms with E-state index in [2.05, 4.69) is 25.3 Å². The smallest absolute Gasteiger partial charge is 0.392 e. The summed E-state index contributed by atoms with van der Waals surface area (Å²) in [6.45, 7) is -0.537. The van der Waals surface area contributed by atoms with E-state index in [0.717, 1.165) is 23.3 Å². The molecule has 3 heterocycles. The third-order valence-corrected chi connectivity index (χ3v) is 5.40. The molecule has 1 saturated carbocycles. The van der Waals surface area contributed by atoms with E-state index in [1.807, 2.05) is 0 Å². The Labute approximate surface area is 164 Å². The van der Waals surface area contributed by atoms with Crippen LogP contribution in [-0.4, -0.2) is 61.2 Å². The van der Waals surface area contributed by atoms with Crippen LogP contribution in [0.3, 0.4) is 0 Å². The Bertz CT molecular complexity index is 873. The van der Waals surface area contributed by atoms with Crippen LogP contribution in [0.1, 0.15) is 35.2 Å². The molecule has 29 heavy (non-hydrogen) atoms. The highest BCUT2D eigenvalue weighted by atomic mass is 19.4. The number of nitrogens with zero attached hydrogens (tertiary/aromatic N) is 5. The molecule has 0 radical (unpaired) electrons. The standard InChI is InChI=1S/C18H19F3N6O2/c19-18(20,21)13-9-27(4-1-14(13)28)15(29)11-5-24-16(25-6-11)26-17(2-3-17)12-7-22-10-23-8-12/h5-8,10,13-14,28H,1-4,9H2,(H,24,25,26). The first kappa shape index (κ1) is 19.5. The number of halogens is 3. The summed E-state index contributed by atoms with van der Waals surface area (Å²) in [6.07, 6.45) is 2.99. The summed E-state index contributed by atoms with van der Waals surface area (Å²) in [5.41, 5.74) is 0.671. The fourth-order valence-corrected chi connectivity index (χ4v) is 3.50. The fraction of sp³-hybridized carbons (Fsp3) is 0.500. The third kappa shape index (κ3) is 4.00. The van der Waals surface area contributed by atoms with Gasteiger partial charge in [0.2, 0.25) is 5.95 Å². The average molecular weight is 408 g/mol. The van der Waals surface area contributed by atoms with Crippen molar-refractivity contribution in [2.24, 2.45) is 5.92 Å². The molecule has 4 rings (SSSR count). The lowest BCUT2D eigenvalue weighted by molar-refractivity contribution is -0.210. The van der Waals surface area contributed by atoms with Crippen LogP contribution in [0.25, 0.3) is 0 Å². The van der Waals surface area contributed by atoms with Crippen LogP contribution < -0.4 is 5.32 Å². The van der Waals surface area contributed by atoms with Gasteiger partial charge in [-0.25, -0.2) is 19.9 Å². The largest absolute Gasteiger partial charge is 0.395 e. The van der Waals surface area contributed by atoms with Gasteiger partial charge in [-0.15, -0.1) is 0 Å². The van der Waals surface area contributed by atoms with Crippen molar-refractivity contribution in [1.29, 1.82) is 0 Å². The van der Waals surface area contributed by atoms with Gasteiger partial charge in [0.15, 0.2) is 0 Å². The van der Waals surface area contributed by atoms with Crippen LogP contribution in [0.2, 0.25) is 0 Å². The van der Waals surface area contributed by atoms with Crippen LogP contribution >= 0.6 is 0 Å². The van der Waals surface area contributed by atoms with E-state index in [0.29, 0.717) is 5.95 Å². The van der Waals surface area contributed by atoms with Crippen molar-refractivity contribution in [1.82, 2.24) is 24.8 Å². The maximum atomic E-state index is 13.0. The highest BCUT2D eigenvalue weighted by molar-refractivity contribution is 5.93. The molecule has 1 aliphatic carbocycles. The Morgan fingerprint density at radius 3 is 2.41 bits per heavy atom. The number of aromatic nitrogens is 4. The third-order valence-electron chi connectivity index (χ3n) is 5.40. The molecule has 2 aromatic heterocycles. The molecule has 154 valence electrons. The molecule has 8 nitrogen and oxygen atoms in total. The van der Waals surface area contributed by atoms with Crippen LogP contribution in [0.5, 0.6) is 0 Å². The van der Waals surface area contributed by atoms with E-state index in [1.54, 1.807) is 12.4 Å². The van der Waals surface area contributed by atoms with Crippen molar-refractivity contribution in [3.63, 3.8) is 0 Å². The lowest BCUT2D eigenvalue weighted by Crippen LogP contribution is -2.51. The molecular formula is C18H19F3N6O2. The maximum Gasteiger partial charge on any atom is 0.395 e. The topological polar surface area (TPSA) is 104 Å².